The number of likely N-dealkylation sites (N-methyl/N-ethyl adjacent to an activating group) is 1. The number of hydrogen-bond acceptors (Lipinski definition) is 6. The highest BCUT2D eigenvalue weighted by molar-refractivity contribution is 8.18. The molecule has 7 heteroatoms. The number of rotatable bonds is 3. The molecule has 0 spiro atoms. The molecular weight excluding hydrogens is 328 g/mol. The van der Waals surface area contributed by atoms with Gasteiger partial charge in [0.15, 0.2) is 5.17 Å². The number of amidine groups is 1. The Labute approximate surface area is 143 Å². The van der Waals surface area contributed by atoms with Gasteiger partial charge in [-0.2, -0.15) is 4.99 Å². The number of aliphatic imine (C=N–C) groups is 1. The van der Waals surface area contributed by atoms with E-state index in [2.05, 4.69) is 15.2 Å². The highest BCUT2D eigenvalue weighted by atomic mass is 32.2. The lowest BCUT2D eigenvalue weighted by Crippen LogP contribution is -2.28. The van der Waals surface area contributed by atoms with Crippen LogP contribution in [0.4, 0.5) is 5.13 Å². The van der Waals surface area contributed by atoms with E-state index in [0.717, 1.165) is 10.6 Å². The van der Waals surface area contributed by atoms with Crippen LogP contribution < -0.4 is 0 Å². The zero-order chi connectivity index (χ0) is 16.4. The minimum atomic E-state index is -0.0157. The average Bonchev–Trinajstić information content (AvgIpc) is 3.06. The van der Waals surface area contributed by atoms with Gasteiger partial charge in [-0.1, -0.05) is 41.2 Å². The van der Waals surface area contributed by atoms with Crippen LogP contribution in [0.1, 0.15) is 23.1 Å². The maximum absolute atomic E-state index is 12.5. The van der Waals surface area contributed by atoms with Gasteiger partial charge in [-0.05, 0) is 44.2 Å². The first-order chi connectivity index (χ1) is 11.1. The summed E-state index contributed by atoms with van der Waals surface area (Å²) >= 11 is 2.80. The number of carbonyl (C=O) groups is 1. The molecule has 1 aromatic heterocycles. The Hall–Kier alpha value is -1.99. The number of amides is 1. The second-order valence-corrected chi connectivity index (χ2v) is 7.24. The predicted octanol–water partition coefficient (Wildman–Crippen LogP) is 3.78. The van der Waals surface area contributed by atoms with Gasteiger partial charge in [0.25, 0.3) is 5.91 Å². The molecule has 1 aromatic carbocycles. The standard InChI is InChI=1S/C16H16N4OS2/c1-4-20-14(21)13(9-12-7-5-10(2)6-8-12)23-16(20)17-15-19-18-11(3)22-15/h5-9H,4H2,1-3H3/b13-9-,17-16+. The first-order valence-electron chi connectivity index (χ1n) is 7.23. The second kappa shape index (κ2) is 6.64. The number of carbonyl (C=O) groups excluding carboxylic acids is 1. The molecule has 1 aliphatic rings. The molecule has 118 valence electrons. The largest absolute Gasteiger partial charge is 0.287 e. The Morgan fingerprint density at radius 2 is 1.96 bits per heavy atom. The van der Waals surface area contributed by atoms with Gasteiger partial charge >= 0.3 is 0 Å². The first kappa shape index (κ1) is 15.9. The molecule has 0 saturated carbocycles. The maximum Gasteiger partial charge on any atom is 0.266 e. The van der Waals surface area contributed by atoms with E-state index < -0.39 is 0 Å². The molecule has 2 heterocycles. The van der Waals surface area contributed by atoms with E-state index in [-0.39, 0.29) is 5.91 Å². The minimum absolute atomic E-state index is 0.0157. The molecule has 2 aromatic rings. The van der Waals surface area contributed by atoms with Crippen LogP contribution in [0.5, 0.6) is 0 Å². The second-order valence-electron chi connectivity index (χ2n) is 5.07. The van der Waals surface area contributed by atoms with Crippen molar-refractivity contribution in [1.29, 1.82) is 0 Å². The molecule has 0 radical (unpaired) electrons. The van der Waals surface area contributed by atoms with E-state index in [1.807, 2.05) is 51.1 Å². The van der Waals surface area contributed by atoms with E-state index in [9.17, 15) is 4.79 Å². The zero-order valence-electron chi connectivity index (χ0n) is 13.1. The molecule has 1 aliphatic heterocycles. The third kappa shape index (κ3) is 3.51. The van der Waals surface area contributed by atoms with Gasteiger partial charge < -0.3 is 0 Å². The fourth-order valence-corrected chi connectivity index (χ4v) is 3.76. The van der Waals surface area contributed by atoms with Crippen molar-refractivity contribution in [2.24, 2.45) is 4.99 Å². The number of hydrogen-bond donors (Lipinski definition) is 0. The summed E-state index contributed by atoms with van der Waals surface area (Å²) in [5.41, 5.74) is 2.21. The highest BCUT2D eigenvalue weighted by Gasteiger charge is 2.32. The van der Waals surface area contributed by atoms with Crippen LogP contribution in [-0.2, 0) is 4.79 Å². The Balaban J connectivity index is 1.91. The minimum Gasteiger partial charge on any atom is -0.287 e. The summed E-state index contributed by atoms with van der Waals surface area (Å²) in [7, 11) is 0. The molecule has 5 nitrogen and oxygen atoms in total. The molecule has 0 aliphatic carbocycles. The van der Waals surface area contributed by atoms with Crippen LogP contribution in [0.2, 0.25) is 0 Å². The molecule has 1 amide bonds. The van der Waals surface area contributed by atoms with Crippen molar-refractivity contribution in [1.82, 2.24) is 15.1 Å². The fraction of sp³-hybridized carbons (Fsp3) is 0.250. The summed E-state index contributed by atoms with van der Waals surface area (Å²) in [4.78, 5) is 19.4. The summed E-state index contributed by atoms with van der Waals surface area (Å²) < 4.78 is 0. The van der Waals surface area contributed by atoms with Gasteiger partial charge in [-0.3, -0.25) is 9.69 Å². The van der Waals surface area contributed by atoms with Crippen molar-refractivity contribution in [3.8, 4) is 0 Å². The quantitative estimate of drug-likeness (QED) is 0.795. The van der Waals surface area contributed by atoms with Crippen molar-refractivity contribution in [3.05, 3.63) is 45.3 Å². The van der Waals surface area contributed by atoms with Crippen molar-refractivity contribution in [2.75, 3.05) is 6.54 Å². The lowest BCUT2D eigenvalue weighted by molar-refractivity contribution is -0.122. The van der Waals surface area contributed by atoms with Crippen molar-refractivity contribution in [3.63, 3.8) is 0 Å². The van der Waals surface area contributed by atoms with Gasteiger partial charge in [0.2, 0.25) is 5.13 Å². The molecule has 0 unspecified atom stereocenters. The van der Waals surface area contributed by atoms with E-state index in [4.69, 9.17) is 0 Å². The van der Waals surface area contributed by atoms with Crippen molar-refractivity contribution in [2.45, 2.75) is 20.8 Å². The summed E-state index contributed by atoms with van der Waals surface area (Å²) in [6.07, 6.45) is 1.91. The molecule has 23 heavy (non-hydrogen) atoms. The molecular formula is C16H16N4OS2. The summed E-state index contributed by atoms with van der Waals surface area (Å²) in [5.74, 6) is -0.0157. The monoisotopic (exact) mass is 344 g/mol. The maximum atomic E-state index is 12.5. The van der Waals surface area contributed by atoms with E-state index in [0.29, 0.717) is 21.7 Å². The smallest absolute Gasteiger partial charge is 0.266 e. The Bertz CT molecular complexity index is 793. The third-order valence-corrected chi connectivity index (χ3v) is 5.03. The van der Waals surface area contributed by atoms with Crippen LogP contribution >= 0.6 is 23.1 Å². The average molecular weight is 344 g/mol. The van der Waals surface area contributed by atoms with Gasteiger partial charge in [0.05, 0.1) is 4.91 Å². The first-order valence-corrected chi connectivity index (χ1v) is 8.87. The van der Waals surface area contributed by atoms with Crippen molar-refractivity contribution < 1.29 is 4.79 Å². The number of thioether (sulfide) groups is 1. The molecule has 3 rings (SSSR count). The molecule has 0 bridgehead atoms. The number of nitrogens with zero attached hydrogens (tertiary/aromatic N) is 4. The molecule has 0 N–H and O–H groups in total. The number of aromatic nitrogens is 2. The highest BCUT2D eigenvalue weighted by Crippen LogP contribution is 2.34. The number of aryl methyl sites for hydroxylation is 2. The van der Waals surface area contributed by atoms with Gasteiger partial charge in [0.1, 0.15) is 5.01 Å². The Kier molecular flexibility index (Phi) is 4.58. The Morgan fingerprint density at radius 3 is 2.57 bits per heavy atom. The summed E-state index contributed by atoms with van der Waals surface area (Å²) in [5, 5.41) is 10.1. The molecule has 1 saturated heterocycles. The van der Waals surface area contributed by atoms with Crippen LogP contribution in [0.3, 0.4) is 0 Å². The molecule has 0 atom stereocenters. The van der Waals surface area contributed by atoms with E-state index in [1.54, 1.807) is 4.90 Å². The van der Waals surface area contributed by atoms with Gasteiger partial charge in [-0.25, -0.2) is 0 Å². The predicted molar refractivity (Wildman–Crippen MR) is 95.9 cm³/mol. The van der Waals surface area contributed by atoms with E-state index >= 15 is 0 Å². The van der Waals surface area contributed by atoms with Crippen LogP contribution in [0, 0.1) is 13.8 Å². The lowest BCUT2D eigenvalue weighted by Gasteiger charge is -2.11. The van der Waals surface area contributed by atoms with Crippen LogP contribution in [0.15, 0.2) is 34.2 Å². The topological polar surface area (TPSA) is 58.5 Å². The lowest BCUT2D eigenvalue weighted by atomic mass is 10.1. The zero-order valence-corrected chi connectivity index (χ0v) is 14.7. The molecule has 1 fully saturated rings. The van der Waals surface area contributed by atoms with Gasteiger partial charge in [-0.15, -0.1) is 10.2 Å². The summed E-state index contributed by atoms with van der Waals surface area (Å²) in [6.45, 7) is 6.44. The van der Waals surface area contributed by atoms with Crippen LogP contribution in [0.25, 0.3) is 6.08 Å². The number of benzene rings is 1. The fourth-order valence-electron chi connectivity index (χ4n) is 2.10. The normalized spacial score (nSPS) is 18.4. The van der Waals surface area contributed by atoms with Gasteiger partial charge in [0, 0.05) is 6.54 Å². The van der Waals surface area contributed by atoms with Crippen LogP contribution in [-0.4, -0.2) is 32.7 Å². The third-order valence-electron chi connectivity index (χ3n) is 3.29. The Morgan fingerprint density at radius 1 is 1.22 bits per heavy atom. The van der Waals surface area contributed by atoms with Crippen molar-refractivity contribution >= 4 is 45.4 Å². The SMILES string of the molecule is CCN1C(=O)/C(=C/c2ccc(C)cc2)S/C1=N/c1nnc(C)s1. The summed E-state index contributed by atoms with van der Waals surface area (Å²) in [6, 6.07) is 8.09. The van der Waals surface area contributed by atoms with E-state index in [1.165, 1.54) is 28.7 Å².